The number of benzene rings is 2. The lowest BCUT2D eigenvalue weighted by Crippen LogP contribution is -2.20. The minimum atomic E-state index is 0.0831. The second-order valence-electron chi connectivity index (χ2n) is 5.60. The van der Waals surface area contributed by atoms with Crippen LogP contribution in [-0.2, 0) is 0 Å². The van der Waals surface area contributed by atoms with Gasteiger partial charge in [0.05, 0.1) is 6.04 Å². The highest BCUT2D eigenvalue weighted by Crippen LogP contribution is 2.33. The maximum Gasteiger partial charge on any atom is 0.0580 e. The molecule has 0 saturated carbocycles. The third-order valence-electron chi connectivity index (χ3n) is 4.22. The lowest BCUT2D eigenvalue weighted by atomic mass is 9.87. The summed E-state index contributed by atoms with van der Waals surface area (Å²) in [6.45, 7) is 8.66. The lowest BCUT2D eigenvalue weighted by molar-refractivity contribution is 0.681. The molecule has 0 aromatic heterocycles. The smallest absolute Gasteiger partial charge is 0.0580 e. The summed E-state index contributed by atoms with van der Waals surface area (Å²) in [5, 5.41) is 4.74. The summed E-state index contributed by atoms with van der Waals surface area (Å²) < 4.78 is 0. The highest BCUT2D eigenvalue weighted by molar-refractivity contribution is 6.34. The first kappa shape index (κ1) is 16.4. The van der Waals surface area contributed by atoms with Crippen LogP contribution in [0.5, 0.6) is 0 Å². The van der Waals surface area contributed by atoms with Gasteiger partial charge in [-0.25, -0.2) is 0 Å². The number of halogens is 2. The number of rotatable bonds is 3. The zero-order valence-electron chi connectivity index (χ0n) is 13.1. The fourth-order valence-electron chi connectivity index (χ4n) is 2.90. The predicted octanol–water partition coefficient (Wildman–Crippen LogP) is 5.54. The highest BCUT2D eigenvalue weighted by atomic mass is 35.5. The summed E-state index contributed by atoms with van der Waals surface area (Å²) >= 11 is 12.3. The van der Waals surface area contributed by atoms with Crippen LogP contribution >= 0.6 is 23.2 Å². The van der Waals surface area contributed by atoms with Crippen LogP contribution in [0.2, 0.25) is 10.0 Å². The summed E-state index contributed by atoms with van der Waals surface area (Å²) in [4.78, 5) is 0. The molecule has 0 saturated heterocycles. The zero-order valence-corrected chi connectivity index (χ0v) is 14.7. The van der Waals surface area contributed by atoms with E-state index in [4.69, 9.17) is 23.2 Å². The second kappa shape index (κ2) is 6.39. The van der Waals surface area contributed by atoms with Gasteiger partial charge in [-0.1, -0.05) is 29.3 Å². The van der Waals surface area contributed by atoms with Gasteiger partial charge in [0.15, 0.2) is 0 Å². The lowest BCUT2D eigenvalue weighted by Gasteiger charge is -2.24. The van der Waals surface area contributed by atoms with Crippen molar-refractivity contribution in [2.45, 2.75) is 33.7 Å². The molecule has 1 N–H and O–H groups in total. The summed E-state index contributed by atoms with van der Waals surface area (Å²) in [7, 11) is 1.97. The summed E-state index contributed by atoms with van der Waals surface area (Å²) in [5.74, 6) is 0. The third-order valence-corrected chi connectivity index (χ3v) is 4.66. The zero-order chi connectivity index (χ0) is 15.7. The van der Waals surface area contributed by atoms with Crippen molar-refractivity contribution in [3.63, 3.8) is 0 Å². The van der Waals surface area contributed by atoms with Gasteiger partial charge in [0.2, 0.25) is 0 Å². The van der Waals surface area contributed by atoms with Crippen LogP contribution in [0.3, 0.4) is 0 Å². The molecule has 1 atom stereocenters. The van der Waals surface area contributed by atoms with E-state index in [1.807, 2.05) is 19.2 Å². The first-order valence-corrected chi connectivity index (χ1v) is 7.81. The maximum atomic E-state index is 6.17. The van der Waals surface area contributed by atoms with Crippen LogP contribution in [0, 0.1) is 27.7 Å². The molecule has 2 aromatic carbocycles. The first-order chi connectivity index (χ1) is 9.85. The van der Waals surface area contributed by atoms with Gasteiger partial charge in [-0.05, 0) is 86.3 Å². The minimum absolute atomic E-state index is 0.0831. The van der Waals surface area contributed by atoms with Crippen molar-refractivity contribution in [1.82, 2.24) is 5.32 Å². The Labute approximate surface area is 137 Å². The molecule has 0 aliphatic rings. The van der Waals surface area contributed by atoms with Crippen LogP contribution in [0.1, 0.15) is 39.4 Å². The van der Waals surface area contributed by atoms with Gasteiger partial charge in [-0.3, -0.25) is 0 Å². The molecular formula is C18H21Cl2N. The predicted molar refractivity (Wildman–Crippen MR) is 92.8 cm³/mol. The fraction of sp³-hybridized carbons (Fsp3) is 0.333. The Kier molecular flexibility index (Phi) is 4.98. The van der Waals surface area contributed by atoms with E-state index < -0.39 is 0 Å². The topological polar surface area (TPSA) is 12.0 Å². The van der Waals surface area contributed by atoms with Crippen LogP contribution in [0.15, 0.2) is 24.3 Å². The number of hydrogen-bond donors (Lipinski definition) is 1. The Balaban J connectivity index is 2.67. The average Bonchev–Trinajstić information content (AvgIpc) is 2.40. The van der Waals surface area contributed by atoms with Gasteiger partial charge in [-0.15, -0.1) is 0 Å². The largest absolute Gasteiger partial charge is 0.309 e. The van der Waals surface area contributed by atoms with Crippen molar-refractivity contribution in [2.75, 3.05) is 7.05 Å². The molecule has 2 rings (SSSR count). The Morgan fingerprint density at radius 3 is 1.71 bits per heavy atom. The summed E-state index contributed by atoms with van der Waals surface area (Å²) in [5.41, 5.74) is 7.64. The molecule has 3 heteroatoms. The van der Waals surface area contributed by atoms with Crippen molar-refractivity contribution in [3.8, 4) is 0 Å². The van der Waals surface area contributed by atoms with E-state index in [0.717, 1.165) is 5.56 Å². The van der Waals surface area contributed by atoms with Gasteiger partial charge >= 0.3 is 0 Å². The quantitative estimate of drug-likeness (QED) is 0.783. The Bertz CT molecular complexity index is 631. The Hall–Kier alpha value is -1.02. The van der Waals surface area contributed by atoms with Crippen molar-refractivity contribution in [3.05, 3.63) is 67.7 Å². The molecule has 0 heterocycles. The van der Waals surface area contributed by atoms with Crippen LogP contribution in [0.4, 0.5) is 0 Å². The van der Waals surface area contributed by atoms with Gasteiger partial charge in [0.25, 0.3) is 0 Å². The molecule has 21 heavy (non-hydrogen) atoms. The monoisotopic (exact) mass is 321 g/mol. The second-order valence-corrected chi connectivity index (χ2v) is 6.47. The van der Waals surface area contributed by atoms with Crippen molar-refractivity contribution in [2.24, 2.45) is 0 Å². The molecule has 2 aromatic rings. The number of hydrogen-bond acceptors (Lipinski definition) is 1. The van der Waals surface area contributed by atoms with Gasteiger partial charge in [0, 0.05) is 10.0 Å². The van der Waals surface area contributed by atoms with E-state index in [-0.39, 0.29) is 6.04 Å². The van der Waals surface area contributed by atoms with Crippen LogP contribution in [-0.4, -0.2) is 7.05 Å². The summed E-state index contributed by atoms with van der Waals surface area (Å²) in [6.07, 6.45) is 0. The molecule has 0 aliphatic carbocycles. The normalized spacial score (nSPS) is 12.5. The average molecular weight is 322 g/mol. The molecule has 112 valence electrons. The van der Waals surface area contributed by atoms with Gasteiger partial charge in [0.1, 0.15) is 0 Å². The summed E-state index contributed by atoms with van der Waals surface area (Å²) in [6, 6.07) is 8.04. The van der Waals surface area contributed by atoms with E-state index in [1.54, 1.807) is 6.07 Å². The van der Waals surface area contributed by atoms with Crippen molar-refractivity contribution < 1.29 is 0 Å². The fourth-order valence-corrected chi connectivity index (χ4v) is 3.44. The van der Waals surface area contributed by atoms with Crippen LogP contribution in [0.25, 0.3) is 0 Å². The molecule has 0 radical (unpaired) electrons. The van der Waals surface area contributed by atoms with Gasteiger partial charge in [-0.2, -0.15) is 0 Å². The molecule has 1 nitrogen and oxygen atoms in total. The van der Waals surface area contributed by atoms with Crippen molar-refractivity contribution in [1.29, 1.82) is 0 Å². The van der Waals surface area contributed by atoms with E-state index >= 15 is 0 Å². The standard InChI is InChI=1S/C18H21Cl2N/c1-10-6-11(2)13(4)17(12(10)3)18(21-5)14-7-15(19)9-16(20)8-14/h6-9,18,21H,1-5H3. The first-order valence-electron chi connectivity index (χ1n) is 7.05. The van der Waals surface area contributed by atoms with E-state index in [2.05, 4.69) is 39.1 Å². The Morgan fingerprint density at radius 2 is 1.29 bits per heavy atom. The molecular weight excluding hydrogens is 301 g/mol. The van der Waals surface area contributed by atoms with E-state index in [9.17, 15) is 0 Å². The third kappa shape index (κ3) is 3.26. The molecule has 0 amide bonds. The van der Waals surface area contributed by atoms with E-state index in [1.165, 1.54) is 27.8 Å². The molecule has 1 unspecified atom stereocenters. The maximum absolute atomic E-state index is 6.17. The van der Waals surface area contributed by atoms with E-state index in [0.29, 0.717) is 10.0 Å². The SMILES string of the molecule is CNC(c1cc(Cl)cc(Cl)c1)c1c(C)c(C)cc(C)c1C. The van der Waals surface area contributed by atoms with Gasteiger partial charge < -0.3 is 5.32 Å². The number of aryl methyl sites for hydroxylation is 2. The molecule has 0 bridgehead atoms. The molecule has 0 aliphatic heterocycles. The van der Waals surface area contributed by atoms with Crippen molar-refractivity contribution >= 4 is 23.2 Å². The highest BCUT2D eigenvalue weighted by Gasteiger charge is 2.19. The minimum Gasteiger partial charge on any atom is -0.309 e. The Morgan fingerprint density at radius 1 is 0.810 bits per heavy atom. The number of nitrogens with one attached hydrogen (secondary N) is 1. The molecule has 0 fully saturated rings. The van der Waals surface area contributed by atoms with Crippen LogP contribution < -0.4 is 5.32 Å². The molecule has 0 spiro atoms.